The summed E-state index contributed by atoms with van der Waals surface area (Å²) in [5.41, 5.74) is 3.55. The molecule has 0 atom stereocenters. The minimum absolute atomic E-state index is 0.378. The van der Waals surface area contributed by atoms with E-state index in [1.807, 2.05) is 36.6 Å². The van der Waals surface area contributed by atoms with Gasteiger partial charge in [0.2, 0.25) is 6.29 Å². The second-order valence-corrected chi connectivity index (χ2v) is 3.80. The molecule has 0 bridgehead atoms. The van der Waals surface area contributed by atoms with Crippen LogP contribution < -0.4 is 0 Å². The summed E-state index contributed by atoms with van der Waals surface area (Å²) in [6.45, 7) is 0. The Labute approximate surface area is 95.7 Å². The average molecular weight is 209 g/mol. The van der Waals surface area contributed by atoms with Crippen molar-refractivity contribution in [2.45, 2.75) is 12.8 Å². The summed E-state index contributed by atoms with van der Waals surface area (Å²) >= 11 is 0. The zero-order valence-electron chi connectivity index (χ0n) is 9.02. The van der Waals surface area contributed by atoms with Crippen molar-refractivity contribution < 1.29 is 4.79 Å². The smallest absolute Gasteiger partial charge is 0.203 e. The Kier molecular flexibility index (Phi) is 3.50. The first-order chi connectivity index (χ1) is 7.88. The van der Waals surface area contributed by atoms with Crippen LogP contribution in [0.4, 0.5) is 0 Å². The first-order valence-electron chi connectivity index (χ1n) is 5.35. The molecule has 2 aromatic rings. The largest absolute Gasteiger partial charge is 0.291 e. The van der Waals surface area contributed by atoms with Gasteiger partial charge in [0.1, 0.15) is 0 Å². The standard InChI is InChI=1S/C15H13O/c16-10-9-14-7-4-8-15(12-14)11-13-5-2-1-3-6-13/h1-8,12H,9,11H2. The molecule has 79 valence electrons. The molecule has 0 saturated carbocycles. The minimum Gasteiger partial charge on any atom is -0.291 e. The van der Waals surface area contributed by atoms with Crippen LogP contribution in [0.3, 0.4) is 0 Å². The van der Waals surface area contributed by atoms with Gasteiger partial charge in [-0.1, -0.05) is 54.6 Å². The lowest BCUT2D eigenvalue weighted by atomic mass is 10.0. The Morgan fingerprint density at radius 1 is 0.812 bits per heavy atom. The average Bonchev–Trinajstić information content (AvgIpc) is 2.31. The Hall–Kier alpha value is -1.89. The molecule has 0 amide bonds. The highest BCUT2D eigenvalue weighted by atomic mass is 16.1. The molecule has 1 radical (unpaired) electrons. The highest BCUT2D eigenvalue weighted by Crippen LogP contribution is 2.11. The molecule has 0 N–H and O–H groups in total. The van der Waals surface area contributed by atoms with E-state index in [0.29, 0.717) is 6.42 Å². The molecule has 16 heavy (non-hydrogen) atoms. The Morgan fingerprint density at radius 2 is 1.50 bits per heavy atom. The predicted octanol–water partition coefficient (Wildman–Crippen LogP) is 2.93. The normalized spacial score (nSPS) is 10.0. The van der Waals surface area contributed by atoms with Gasteiger partial charge in [0, 0.05) is 6.42 Å². The zero-order chi connectivity index (χ0) is 11.2. The first kappa shape index (κ1) is 10.6. The van der Waals surface area contributed by atoms with E-state index in [0.717, 1.165) is 12.0 Å². The van der Waals surface area contributed by atoms with Crippen LogP contribution in [0.1, 0.15) is 16.7 Å². The Bertz CT molecular complexity index is 460. The van der Waals surface area contributed by atoms with Crippen molar-refractivity contribution in [2.75, 3.05) is 0 Å². The molecule has 0 saturated heterocycles. The maximum atomic E-state index is 10.3. The summed E-state index contributed by atoms with van der Waals surface area (Å²) in [7, 11) is 0. The van der Waals surface area contributed by atoms with E-state index in [1.54, 1.807) is 0 Å². The molecule has 2 rings (SSSR count). The third-order valence-electron chi connectivity index (χ3n) is 2.52. The highest BCUT2D eigenvalue weighted by Gasteiger charge is 1.97. The molecule has 2 aromatic carbocycles. The summed E-state index contributed by atoms with van der Waals surface area (Å²) in [6, 6.07) is 18.4. The van der Waals surface area contributed by atoms with Gasteiger partial charge in [-0.2, -0.15) is 0 Å². The van der Waals surface area contributed by atoms with Gasteiger partial charge < -0.3 is 0 Å². The molecule has 1 nitrogen and oxygen atoms in total. The minimum atomic E-state index is 0.378. The van der Waals surface area contributed by atoms with Gasteiger partial charge in [0.25, 0.3) is 0 Å². The van der Waals surface area contributed by atoms with Crippen molar-refractivity contribution in [3.05, 3.63) is 71.3 Å². The van der Waals surface area contributed by atoms with Gasteiger partial charge in [-0.15, -0.1) is 0 Å². The quantitative estimate of drug-likeness (QED) is 0.756. The molecule has 0 spiro atoms. The lowest BCUT2D eigenvalue weighted by Crippen LogP contribution is -1.91. The first-order valence-corrected chi connectivity index (χ1v) is 5.35. The fourth-order valence-electron chi connectivity index (χ4n) is 1.76. The van der Waals surface area contributed by atoms with E-state index in [-0.39, 0.29) is 0 Å². The highest BCUT2D eigenvalue weighted by molar-refractivity contribution is 5.56. The van der Waals surface area contributed by atoms with Gasteiger partial charge in [-0.25, -0.2) is 0 Å². The molecular weight excluding hydrogens is 196 g/mol. The van der Waals surface area contributed by atoms with Crippen LogP contribution in [0.25, 0.3) is 0 Å². The van der Waals surface area contributed by atoms with E-state index < -0.39 is 0 Å². The monoisotopic (exact) mass is 209 g/mol. The van der Waals surface area contributed by atoms with Crippen LogP contribution in [0.5, 0.6) is 0 Å². The van der Waals surface area contributed by atoms with Crippen LogP contribution in [0.2, 0.25) is 0 Å². The molecule has 0 heterocycles. The lowest BCUT2D eigenvalue weighted by molar-refractivity contribution is 0.555. The molecule has 1 heteroatoms. The van der Waals surface area contributed by atoms with Crippen LogP contribution in [0, 0.1) is 0 Å². The van der Waals surface area contributed by atoms with Gasteiger partial charge in [0.05, 0.1) is 0 Å². The Morgan fingerprint density at radius 3 is 2.25 bits per heavy atom. The molecular formula is C15H13O. The maximum Gasteiger partial charge on any atom is 0.203 e. The number of hydrogen-bond donors (Lipinski definition) is 0. The third kappa shape index (κ3) is 2.80. The van der Waals surface area contributed by atoms with Crippen molar-refractivity contribution >= 4 is 6.29 Å². The molecule has 0 aromatic heterocycles. The Balaban J connectivity index is 2.15. The fourth-order valence-corrected chi connectivity index (χ4v) is 1.76. The molecule has 0 aliphatic heterocycles. The number of benzene rings is 2. The summed E-state index contributed by atoms with van der Waals surface area (Å²) < 4.78 is 0. The van der Waals surface area contributed by atoms with Gasteiger partial charge in [0.15, 0.2) is 0 Å². The number of hydrogen-bond acceptors (Lipinski definition) is 1. The van der Waals surface area contributed by atoms with Crippen LogP contribution in [-0.2, 0) is 17.6 Å². The molecule has 0 fully saturated rings. The third-order valence-corrected chi connectivity index (χ3v) is 2.52. The van der Waals surface area contributed by atoms with Crippen LogP contribution in [-0.4, -0.2) is 6.29 Å². The lowest BCUT2D eigenvalue weighted by Gasteiger charge is -2.03. The van der Waals surface area contributed by atoms with E-state index in [9.17, 15) is 4.79 Å². The van der Waals surface area contributed by atoms with E-state index in [1.165, 1.54) is 11.1 Å². The zero-order valence-corrected chi connectivity index (χ0v) is 9.02. The SMILES string of the molecule is O=[C]Cc1cccc(Cc2ccccc2)c1. The van der Waals surface area contributed by atoms with Crippen molar-refractivity contribution in [3.63, 3.8) is 0 Å². The van der Waals surface area contributed by atoms with Gasteiger partial charge in [-0.05, 0) is 23.1 Å². The number of carbonyl (C=O) groups excluding carboxylic acids is 1. The molecule has 0 aliphatic rings. The van der Waals surface area contributed by atoms with Crippen molar-refractivity contribution in [1.29, 1.82) is 0 Å². The predicted molar refractivity (Wildman–Crippen MR) is 65.1 cm³/mol. The second-order valence-electron chi connectivity index (χ2n) is 3.80. The van der Waals surface area contributed by atoms with E-state index in [2.05, 4.69) is 24.3 Å². The van der Waals surface area contributed by atoms with Gasteiger partial charge in [-0.3, -0.25) is 4.79 Å². The summed E-state index contributed by atoms with van der Waals surface area (Å²) in [6.07, 6.45) is 3.21. The summed E-state index contributed by atoms with van der Waals surface area (Å²) in [5.74, 6) is 0. The molecule has 0 aliphatic carbocycles. The maximum absolute atomic E-state index is 10.3. The van der Waals surface area contributed by atoms with Crippen molar-refractivity contribution in [3.8, 4) is 0 Å². The van der Waals surface area contributed by atoms with Crippen molar-refractivity contribution in [2.24, 2.45) is 0 Å². The van der Waals surface area contributed by atoms with Crippen LogP contribution in [0.15, 0.2) is 54.6 Å². The summed E-state index contributed by atoms with van der Waals surface area (Å²) in [5, 5.41) is 0. The van der Waals surface area contributed by atoms with Gasteiger partial charge >= 0.3 is 0 Å². The summed E-state index contributed by atoms with van der Waals surface area (Å²) in [4.78, 5) is 10.3. The second kappa shape index (κ2) is 5.26. The number of rotatable bonds is 4. The molecule has 0 unspecified atom stereocenters. The fraction of sp³-hybridized carbons (Fsp3) is 0.133. The topological polar surface area (TPSA) is 17.1 Å². The van der Waals surface area contributed by atoms with Crippen LogP contribution >= 0.6 is 0 Å². The van der Waals surface area contributed by atoms with E-state index >= 15 is 0 Å². The van der Waals surface area contributed by atoms with E-state index in [4.69, 9.17) is 0 Å². The van der Waals surface area contributed by atoms with Crippen molar-refractivity contribution in [1.82, 2.24) is 0 Å².